The molecule has 2 heterocycles. The van der Waals surface area contributed by atoms with Crippen LogP contribution in [0, 0.1) is 0 Å². The highest BCUT2D eigenvalue weighted by molar-refractivity contribution is 6.30. The molecule has 3 rings (SSSR count). The summed E-state index contributed by atoms with van der Waals surface area (Å²) in [6, 6.07) is 4.87. The lowest BCUT2D eigenvalue weighted by atomic mass is 9.96. The van der Waals surface area contributed by atoms with Crippen molar-refractivity contribution in [1.82, 2.24) is 4.90 Å². The number of esters is 1. The van der Waals surface area contributed by atoms with Crippen molar-refractivity contribution in [2.75, 3.05) is 19.5 Å². The van der Waals surface area contributed by atoms with E-state index in [1.54, 1.807) is 6.07 Å². The first-order chi connectivity index (χ1) is 10.1. The first kappa shape index (κ1) is 14.0. The molecule has 7 heteroatoms. The Bertz CT molecular complexity index is 607. The number of methoxy groups -OCH3 is 2. The molecular formula is C14H15ClN2O4. The minimum absolute atomic E-state index is 0.0121. The molecule has 21 heavy (non-hydrogen) atoms. The zero-order chi connectivity index (χ0) is 15.1. The van der Waals surface area contributed by atoms with Crippen LogP contribution in [0.25, 0.3) is 0 Å². The van der Waals surface area contributed by atoms with Crippen LogP contribution >= 0.6 is 11.6 Å². The SMILES string of the molecule is COC(=O)C1C[C@H]2c3cc(Cl)ccc3N[C@H]2N1C(=O)OC. The van der Waals surface area contributed by atoms with Crippen molar-refractivity contribution >= 4 is 29.4 Å². The van der Waals surface area contributed by atoms with Crippen LogP contribution in [0.2, 0.25) is 5.02 Å². The topological polar surface area (TPSA) is 67.9 Å². The summed E-state index contributed by atoms with van der Waals surface area (Å²) in [5, 5.41) is 3.88. The molecule has 3 atom stereocenters. The molecule has 112 valence electrons. The number of likely N-dealkylation sites (tertiary alicyclic amines) is 1. The molecule has 1 aromatic carbocycles. The van der Waals surface area contributed by atoms with E-state index in [9.17, 15) is 9.59 Å². The number of hydrogen-bond acceptors (Lipinski definition) is 5. The van der Waals surface area contributed by atoms with E-state index in [4.69, 9.17) is 21.1 Å². The molecule has 0 bridgehead atoms. The number of amides is 1. The van der Waals surface area contributed by atoms with E-state index >= 15 is 0 Å². The largest absolute Gasteiger partial charge is 0.467 e. The number of fused-ring (bicyclic) bond motifs is 3. The lowest BCUT2D eigenvalue weighted by Crippen LogP contribution is -2.47. The Morgan fingerprint density at radius 3 is 2.76 bits per heavy atom. The average Bonchev–Trinajstić information content (AvgIpc) is 3.01. The van der Waals surface area contributed by atoms with Gasteiger partial charge in [-0.2, -0.15) is 0 Å². The highest BCUT2D eigenvalue weighted by Crippen LogP contribution is 2.47. The first-order valence-electron chi connectivity index (χ1n) is 6.57. The predicted octanol–water partition coefficient (Wildman–Crippen LogP) is 2.19. The quantitative estimate of drug-likeness (QED) is 0.805. The number of carbonyl (C=O) groups excluding carboxylic acids is 2. The van der Waals surface area contributed by atoms with E-state index in [1.807, 2.05) is 12.1 Å². The van der Waals surface area contributed by atoms with E-state index in [2.05, 4.69) is 5.32 Å². The lowest BCUT2D eigenvalue weighted by molar-refractivity contribution is -0.145. The van der Waals surface area contributed by atoms with Gasteiger partial charge in [-0.15, -0.1) is 0 Å². The summed E-state index contributed by atoms with van der Waals surface area (Å²) in [7, 11) is 2.60. The number of anilines is 1. The number of nitrogens with one attached hydrogen (secondary N) is 1. The van der Waals surface area contributed by atoms with Gasteiger partial charge in [0.2, 0.25) is 0 Å². The van der Waals surface area contributed by atoms with Gasteiger partial charge in [0.05, 0.1) is 14.2 Å². The number of nitrogens with zero attached hydrogens (tertiary/aromatic N) is 1. The molecule has 2 aliphatic rings. The van der Waals surface area contributed by atoms with E-state index in [0.717, 1.165) is 11.3 Å². The Balaban J connectivity index is 1.98. The predicted molar refractivity (Wildman–Crippen MR) is 76.3 cm³/mol. The summed E-state index contributed by atoms with van der Waals surface area (Å²) in [5.41, 5.74) is 1.93. The van der Waals surface area contributed by atoms with Crippen molar-refractivity contribution in [2.45, 2.75) is 24.5 Å². The van der Waals surface area contributed by atoms with Gasteiger partial charge >= 0.3 is 12.1 Å². The third-order valence-corrected chi connectivity index (χ3v) is 4.30. The Hall–Kier alpha value is -1.95. The number of rotatable bonds is 1. The fraction of sp³-hybridized carbons (Fsp3) is 0.429. The van der Waals surface area contributed by atoms with Crippen LogP contribution in [0.3, 0.4) is 0 Å². The van der Waals surface area contributed by atoms with E-state index in [-0.39, 0.29) is 12.1 Å². The monoisotopic (exact) mass is 310 g/mol. The Labute approximate surface area is 127 Å². The molecule has 1 aromatic rings. The summed E-state index contributed by atoms with van der Waals surface area (Å²) in [6.45, 7) is 0. The maximum atomic E-state index is 12.0. The molecule has 0 radical (unpaired) electrons. The van der Waals surface area contributed by atoms with Gasteiger partial charge in [-0.05, 0) is 30.2 Å². The van der Waals surface area contributed by atoms with E-state index < -0.39 is 18.1 Å². The van der Waals surface area contributed by atoms with E-state index in [0.29, 0.717) is 11.4 Å². The first-order valence-corrected chi connectivity index (χ1v) is 6.94. The van der Waals surface area contributed by atoms with Gasteiger partial charge in [0.1, 0.15) is 12.2 Å². The van der Waals surface area contributed by atoms with Gasteiger partial charge in [-0.25, -0.2) is 9.59 Å². The molecule has 1 N–H and O–H groups in total. The molecule has 0 spiro atoms. The van der Waals surface area contributed by atoms with Crippen molar-refractivity contribution < 1.29 is 19.1 Å². The van der Waals surface area contributed by atoms with Crippen LogP contribution < -0.4 is 5.32 Å². The minimum atomic E-state index is -0.655. The Morgan fingerprint density at radius 2 is 2.10 bits per heavy atom. The molecule has 0 aliphatic carbocycles. The van der Waals surface area contributed by atoms with Crippen molar-refractivity contribution in [3.05, 3.63) is 28.8 Å². The zero-order valence-corrected chi connectivity index (χ0v) is 12.4. The minimum Gasteiger partial charge on any atom is -0.467 e. The van der Waals surface area contributed by atoms with Gasteiger partial charge in [0, 0.05) is 16.6 Å². The maximum absolute atomic E-state index is 12.0. The van der Waals surface area contributed by atoms with Crippen molar-refractivity contribution in [3.8, 4) is 0 Å². The highest BCUT2D eigenvalue weighted by Gasteiger charge is 2.52. The third-order valence-electron chi connectivity index (χ3n) is 4.07. The maximum Gasteiger partial charge on any atom is 0.411 e. The van der Waals surface area contributed by atoms with Crippen molar-refractivity contribution in [1.29, 1.82) is 0 Å². The number of halogens is 1. The molecule has 0 saturated carbocycles. The molecule has 1 unspecified atom stereocenters. The second-order valence-corrected chi connectivity index (χ2v) is 5.52. The number of carbonyl (C=O) groups is 2. The summed E-state index contributed by atoms with van der Waals surface area (Å²) >= 11 is 6.04. The molecule has 1 saturated heterocycles. The molecule has 2 aliphatic heterocycles. The Kier molecular flexibility index (Phi) is 3.41. The van der Waals surface area contributed by atoms with Gasteiger partial charge in [-0.1, -0.05) is 11.6 Å². The third kappa shape index (κ3) is 2.10. The normalized spacial score (nSPS) is 25.9. The summed E-state index contributed by atoms with van der Waals surface area (Å²) < 4.78 is 9.60. The second-order valence-electron chi connectivity index (χ2n) is 5.08. The van der Waals surface area contributed by atoms with Crippen LogP contribution in [-0.2, 0) is 14.3 Å². The van der Waals surface area contributed by atoms with Crippen LogP contribution in [-0.4, -0.2) is 43.4 Å². The molecule has 0 aromatic heterocycles. The zero-order valence-electron chi connectivity index (χ0n) is 11.6. The van der Waals surface area contributed by atoms with Gasteiger partial charge in [-0.3, -0.25) is 4.90 Å². The molecule has 1 fully saturated rings. The average molecular weight is 311 g/mol. The van der Waals surface area contributed by atoms with E-state index in [1.165, 1.54) is 19.1 Å². The van der Waals surface area contributed by atoms with Crippen LogP contribution in [0.5, 0.6) is 0 Å². The standard InChI is InChI=1S/C14H15ClN2O4/c1-20-13(18)11-6-9-8-5-7(15)3-4-10(8)16-12(9)17(11)14(19)21-2/h3-5,9,11-12,16H,6H2,1-2H3/t9-,11?,12-/m0/s1. The smallest absolute Gasteiger partial charge is 0.411 e. The molecule has 6 nitrogen and oxygen atoms in total. The summed E-state index contributed by atoms with van der Waals surface area (Å²) in [5.74, 6) is -0.456. The summed E-state index contributed by atoms with van der Waals surface area (Å²) in [4.78, 5) is 25.4. The number of ether oxygens (including phenoxy) is 2. The summed E-state index contributed by atoms with van der Waals surface area (Å²) in [6.07, 6.45) is -0.397. The fourth-order valence-electron chi connectivity index (χ4n) is 3.16. The van der Waals surface area contributed by atoms with Crippen LogP contribution in [0.15, 0.2) is 18.2 Å². The fourth-order valence-corrected chi connectivity index (χ4v) is 3.34. The number of benzene rings is 1. The van der Waals surface area contributed by atoms with Gasteiger partial charge < -0.3 is 14.8 Å². The molecular weight excluding hydrogens is 296 g/mol. The van der Waals surface area contributed by atoms with Gasteiger partial charge in [0.15, 0.2) is 0 Å². The molecule has 1 amide bonds. The van der Waals surface area contributed by atoms with Crippen LogP contribution in [0.4, 0.5) is 10.5 Å². The second kappa shape index (κ2) is 5.11. The van der Waals surface area contributed by atoms with Crippen LogP contribution in [0.1, 0.15) is 17.9 Å². The highest BCUT2D eigenvalue weighted by atomic mass is 35.5. The van der Waals surface area contributed by atoms with Crippen molar-refractivity contribution in [2.24, 2.45) is 0 Å². The lowest BCUT2D eigenvalue weighted by Gasteiger charge is -2.27. The number of hydrogen-bond donors (Lipinski definition) is 1. The van der Waals surface area contributed by atoms with Crippen molar-refractivity contribution in [3.63, 3.8) is 0 Å². The Morgan fingerprint density at radius 1 is 1.33 bits per heavy atom. The van der Waals surface area contributed by atoms with Gasteiger partial charge in [0.25, 0.3) is 0 Å².